The quantitative estimate of drug-likeness (QED) is 0.457. The monoisotopic (exact) mass is 348 g/mol. The molecule has 0 saturated heterocycles. The second kappa shape index (κ2) is 9.19. The van der Waals surface area contributed by atoms with E-state index in [2.05, 4.69) is 0 Å². The molecular weight excluding hydrogens is 328 g/mol. The van der Waals surface area contributed by atoms with Crippen LogP contribution in [0, 0.1) is 18.3 Å². The van der Waals surface area contributed by atoms with Crippen molar-refractivity contribution in [1.29, 1.82) is 5.26 Å². The molecule has 0 radical (unpaired) electrons. The number of likely N-dealkylation sites (N-methyl/N-ethyl adjacent to an activating group) is 1. The number of carbonyl (C=O) groups excluding carboxylic acids is 2. The van der Waals surface area contributed by atoms with Gasteiger partial charge in [0.1, 0.15) is 11.6 Å². The first-order chi connectivity index (χ1) is 12.5. The van der Waals surface area contributed by atoms with Gasteiger partial charge >= 0.3 is 5.97 Å². The number of aryl methyl sites for hydroxylation is 1. The molecule has 0 atom stereocenters. The zero-order valence-electron chi connectivity index (χ0n) is 14.8. The summed E-state index contributed by atoms with van der Waals surface area (Å²) in [5.41, 5.74) is 2.63. The minimum absolute atomic E-state index is 0.146. The first-order valence-electron chi connectivity index (χ1n) is 8.13. The van der Waals surface area contributed by atoms with Crippen LogP contribution >= 0.6 is 0 Å². The smallest absolute Gasteiger partial charge is 0.349 e. The largest absolute Gasteiger partial charge is 0.451 e. The van der Waals surface area contributed by atoms with Crippen LogP contribution in [0.1, 0.15) is 16.7 Å². The summed E-state index contributed by atoms with van der Waals surface area (Å²) in [6.45, 7) is 1.96. The van der Waals surface area contributed by atoms with Crippen molar-refractivity contribution in [1.82, 2.24) is 4.90 Å². The molecule has 0 N–H and O–H groups in total. The van der Waals surface area contributed by atoms with Crippen molar-refractivity contribution in [3.63, 3.8) is 0 Å². The number of amides is 1. The van der Waals surface area contributed by atoms with Gasteiger partial charge in [0.15, 0.2) is 6.61 Å². The molecule has 0 heterocycles. The third-order valence-corrected chi connectivity index (χ3v) is 3.74. The standard InChI is InChI=1S/C21H20N2O3/c1-16-8-10-17(11-9-16)12-19(13-22)21(25)26-15-20(24)23(2)14-18-6-4-3-5-7-18/h3-12H,14-15H2,1-2H3/b19-12+. The SMILES string of the molecule is Cc1ccc(/C=C(\C#N)C(=O)OCC(=O)N(C)Cc2ccccc2)cc1. The Kier molecular flexibility index (Phi) is 6.69. The van der Waals surface area contributed by atoms with Gasteiger partial charge in [-0.25, -0.2) is 4.79 Å². The number of hydrogen-bond acceptors (Lipinski definition) is 4. The first kappa shape index (κ1) is 18.9. The number of nitriles is 1. The third-order valence-electron chi connectivity index (χ3n) is 3.74. The summed E-state index contributed by atoms with van der Waals surface area (Å²) in [4.78, 5) is 25.6. The highest BCUT2D eigenvalue weighted by molar-refractivity contribution is 5.98. The van der Waals surface area contributed by atoms with Gasteiger partial charge in [0.25, 0.3) is 5.91 Å². The van der Waals surface area contributed by atoms with Gasteiger partial charge in [0, 0.05) is 13.6 Å². The van der Waals surface area contributed by atoms with Crippen LogP contribution in [0.15, 0.2) is 60.2 Å². The van der Waals surface area contributed by atoms with Crippen LogP contribution in [-0.4, -0.2) is 30.4 Å². The van der Waals surface area contributed by atoms with Crippen molar-refractivity contribution in [2.24, 2.45) is 0 Å². The Labute approximate surface area is 153 Å². The normalized spacial score (nSPS) is 10.7. The molecule has 0 bridgehead atoms. The van der Waals surface area contributed by atoms with E-state index in [1.165, 1.54) is 11.0 Å². The molecule has 26 heavy (non-hydrogen) atoms. The second-order valence-electron chi connectivity index (χ2n) is 5.89. The second-order valence-corrected chi connectivity index (χ2v) is 5.89. The van der Waals surface area contributed by atoms with Crippen LogP contribution in [0.4, 0.5) is 0 Å². The molecule has 5 heteroatoms. The maximum atomic E-state index is 12.1. The fourth-order valence-electron chi connectivity index (χ4n) is 2.23. The van der Waals surface area contributed by atoms with Gasteiger partial charge in [0.2, 0.25) is 0 Å². The molecular formula is C21H20N2O3. The predicted octanol–water partition coefficient (Wildman–Crippen LogP) is 3.10. The molecule has 132 valence electrons. The van der Waals surface area contributed by atoms with Crippen LogP contribution in [0.25, 0.3) is 6.08 Å². The number of nitrogens with zero attached hydrogens (tertiary/aromatic N) is 2. The average Bonchev–Trinajstić information content (AvgIpc) is 2.66. The summed E-state index contributed by atoms with van der Waals surface area (Å²) in [7, 11) is 1.64. The van der Waals surface area contributed by atoms with E-state index in [9.17, 15) is 9.59 Å². The zero-order valence-corrected chi connectivity index (χ0v) is 14.8. The number of rotatable bonds is 6. The van der Waals surface area contributed by atoms with Gasteiger partial charge in [-0.3, -0.25) is 4.79 Å². The van der Waals surface area contributed by atoms with Crippen LogP contribution in [0.2, 0.25) is 0 Å². The van der Waals surface area contributed by atoms with Crippen molar-refractivity contribution < 1.29 is 14.3 Å². The Morgan fingerprint density at radius 1 is 1.12 bits per heavy atom. The Hall–Kier alpha value is -3.39. The molecule has 1 amide bonds. The van der Waals surface area contributed by atoms with Gasteiger partial charge in [-0.05, 0) is 24.1 Å². The van der Waals surface area contributed by atoms with Crippen molar-refractivity contribution in [2.75, 3.05) is 13.7 Å². The predicted molar refractivity (Wildman–Crippen MR) is 98.6 cm³/mol. The summed E-state index contributed by atoms with van der Waals surface area (Å²) in [6.07, 6.45) is 1.44. The highest BCUT2D eigenvalue weighted by Gasteiger charge is 2.15. The average molecular weight is 348 g/mol. The van der Waals surface area contributed by atoms with Gasteiger partial charge in [-0.15, -0.1) is 0 Å². The Bertz CT molecular complexity index is 834. The van der Waals surface area contributed by atoms with Crippen LogP contribution in [0.5, 0.6) is 0 Å². The van der Waals surface area contributed by atoms with E-state index in [1.807, 2.05) is 55.5 Å². The molecule has 0 aliphatic carbocycles. The van der Waals surface area contributed by atoms with E-state index in [0.29, 0.717) is 6.54 Å². The summed E-state index contributed by atoms with van der Waals surface area (Å²) < 4.78 is 4.99. The highest BCUT2D eigenvalue weighted by Crippen LogP contribution is 2.10. The summed E-state index contributed by atoms with van der Waals surface area (Å²) in [6, 6.07) is 18.7. The van der Waals surface area contributed by atoms with Crippen molar-refractivity contribution >= 4 is 18.0 Å². The Morgan fingerprint density at radius 3 is 2.38 bits per heavy atom. The molecule has 2 aromatic rings. The minimum atomic E-state index is -0.811. The van der Waals surface area contributed by atoms with Crippen LogP contribution in [-0.2, 0) is 20.9 Å². The molecule has 0 unspecified atom stereocenters. The molecule has 2 rings (SSSR count). The molecule has 0 spiro atoms. The van der Waals surface area contributed by atoms with Crippen molar-refractivity contribution in [3.05, 3.63) is 76.9 Å². The van der Waals surface area contributed by atoms with E-state index in [4.69, 9.17) is 10.00 Å². The zero-order chi connectivity index (χ0) is 18.9. The lowest BCUT2D eigenvalue weighted by atomic mass is 10.1. The maximum Gasteiger partial charge on any atom is 0.349 e. The summed E-state index contributed by atoms with van der Waals surface area (Å²) in [5, 5.41) is 9.17. The summed E-state index contributed by atoms with van der Waals surface area (Å²) >= 11 is 0. The molecule has 0 aliphatic heterocycles. The topological polar surface area (TPSA) is 70.4 Å². The maximum absolute atomic E-state index is 12.1. The summed E-state index contributed by atoms with van der Waals surface area (Å²) in [5.74, 6) is -1.15. The lowest BCUT2D eigenvalue weighted by Gasteiger charge is -2.17. The fraction of sp³-hybridized carbons (Fsp3) is 0.190. The first-order valence-corrected chi connectivity index (χ1v) is 8.13. The minimum Gasteiger partial charge on any atom is -0.451 e. The number of ether oxygens (including phenoxy) is 1. The molecule has 0 aromatic heterocycles. The molecule has 0 fully saturated rings. The lowest BCUT2D eigenvalue weighted by molar-refractivity contribution is -0.148. The van der Waals surface area contributed by atoms with Gasteiger partial charge < -0.3 is 9.64 Å². The number of carbonyl (C=O) groups is 2. The van der Waals surface area contributed by atoms with E-state index in [-0.39, 0.29) is 11.5 Å². The Morgan fingerprint density at radius 2 is 1.77 bits per heavy atom. The number of hydrogen-bond donors (Lipinski definition) is 0. The van der Waals surface area contributed by atoms with Crippen LogP contribution in [0.3, 0.4) is 0 Å². The van der Waals surface area contributed by atoms with Crippen molar-refractivity contribution in [2.45, 2.75) is 13.5 Å². The third kappa shape index (κ3) is 5.60. The van der Waals surface area contributed by atoms with E-state index < -0.39 is 12.6 Å². The van der Waals surface area contributed by atoms with Gasteiger partial charge in [-0.1, -0.05) is 60.2 Å². The van der Waals surface area contributed by atoms with Crippen molar-refractivity contribution in [3.8, 4) is 6.07 Å². The molecule has 2 aromatic carbocycles. The van der Waals surface area contributed by atoms with E-state index in [1.54, 1.807) is 19.2 Å². The molecule has 0 aliphatic rings. The fourth-order valence-corrected chi connectivity index (χ4v) is 2.23. The molecule has 0 saturated carbocycles. The number of esters is 1. The Balaban J connectivity index is 1.92. The lowest BCUT2D eigenvalue weighted by Crippen LogP contribution is -2.31. The molecule has 5 nitrogen and oxygen atoms in total. The van der Waals surface area contributed by atoms with E-state index in [0.717, 1.165) is 16.7 Å². The van der Waals surface area contributed by atoms with Gasteiger partial charge in [0.05, 0.1) is 0 Å². The van der Waals surface area contributed by atoms with E-state index >= 15 is 0 Å². The van der Waals surface area contributed by atoms with Crippen LogP contribution < -0.4 is 0 Å². The van der Waals surface area contributed by atoms with Gasteiger partial charge in [-0.2, -0.15) is 5.26 Å². The number of benzene rings is 2. The highest BCUT2D eigenvalue weighted by atomic mass is 16.5.